The van der Waals surface area contributed by atoms with E-state index in [0.29, 0.717) is 29.0 Å². The minimum atomic E-state index is -0.337. The van der Waals surface area contributed by atoms with Crippen LogP contribution in [0.25, 0.3) is 0 Å². The maximum Gasteiger partial charge on any atom is 0.255 e. The van der Waals surface area contributed by atoms with E-state index in [0.717, 1.165) is 19.4 Å². The lowest BCUT2D eigenvalue weighted by molar-refractivity contribution is -0.118. The van der Waals surface area contributed by atoms with Crippen LogP contribution in [0.5, 0.6) is 0 Å². The molecule has 0 saturated carbocycles. The molecule has 158 valence electrons. The van der Waals surface area contributed by atoms with Crippen molar-refractivity contribution in [3.05, 3.63) is 59.7 Å². The van der Waals surface area contributed by atoms with Crippen LogP contribution in [0, 0.1) is 5.92 Å². The van der Waals surface area contributed by atoms with E-state index in [1.54, 1.807) is 48.5 Å². The third-order valence-corrected chi connectivity index (χ3v) is 4.87. The van der Waals surface area contributed by atoms with E-state index >= 15 is 0 Å². The number of hydrogen-bond donors (Lipinski definition) is 3. The Balaban J connectivity index is 1.63. The topological polar surface area (TPSA) is 96.5 Å². The number of carbonyl (C=O) groups excluding carboxylic acids is 3. The van der Waals surface area contributed by atoms with Crippen LogP contribution in [0.15, 0.2) is 48.5 Å². The molecule has 1 unspecified atom stereocenters. The summed E-state index contributed by atoms with van der Waals surface area (Å²) in [6.45, 7) is 4.80. The van der Waals surface area contributed by atoms with Crippen molar-refractivity contribution in [3.63, 3.8) is 0 Å². The number of benzene rings is 2. The molecule has 1 aliphatic rings. The molecule has 0 aliphatic carbocycles. The average molecular weight is 409 g/mol. The fourth-order valence-electron chi connectivity index (χ4n) is 3.08. The highest BCUT2D eigenvalue weighted by molar-refractivity contribution is 6.09. The zero-order valence-electron chi connectivity index (χ0n) is 17.2. The SMILES string of the molecule is CC(C)C(=O)Nc1ccc(C(=O)Nc2ccccc2C(=O)NCC2CCCO2)cc1. The second kappa shape index (κ2) is 10.0. The fourth-order valence-corrected chi connectivity index (χ4v) is 3.08. The van der Waals surface area contributed by atoms with Crippen molar-refractivity contribution < 1.29 is 19.1 Å². The summed E-state index contributed by atoms with van der Waals surface area (Å²) < 4.78 is 5.53. The Morgan fingerprint density at radius 3 is 2.40 bits per heavy atom. The highest BCUT2D eigenvalue weighted by Crippen LogP contribution is 2.18. The maximum absolute atomic E-state index is 12.6. The van der Waals surface area contributed by atoms with Gasteiger partial charge in [0.05, 0.1) is 17.4 Å². The molecular formula is C23H27N3O4. The number of carbonyl (C=O) groups is 3. The molecule has 1 aliphatic heterocycles. The zero-order chi connectivity index (χ0) is 21.5. The Morgan fingerprint density at radius 1 is 1.00 bits per heavy atom. The van der Waals surface area contributed by atoms with Crippen molar-refractivity contribution in [3.8, 4) is 0 Å². The van der Waals surface area contributed by atoms with Gasteiger partial charge in [-0.05, 0) is 49.2 Å². The van der Waals surface area contributed by atoms with Gasteiger partial charge in [-0.15, -0.1) is 0 Å². The molecule has 0 bridgehead atoms. The van der Waals surface area contributed by atoms with E-state index in [4.69, 9.17) is 4.74 Å². The molecule has 7 nitrogen and oxygen atoms in total. The lowest BCUT2D eigenvalue weighted by Gasteiger charge is -2.14. The highest BCUT2D eigenvalue weighted by Gasteiger charge is 2.19. The smallest absolute Gasteiger partial charge is 0.255 e. The van der Waals surface area contributed by atoms with Gasteiger partial charge in [-0.3, -0.25) is 14.4 Å². The largest absolute Gasteiger partial charge is 0.376 e. The molecule has 0 aromatic heterocycles. The molecule has 2 aromatic rings. The third kappa shape index (κ3) is 5.67. The lowest BCUT2D eigenvalue weighted by atomic mass is 10.1. The van der Waals surface area contributed by atoms with Crippen molar-refractivity contribution >= 4 is 29.1 Å². The van der Waals surface area contributed by atoms with Gasteiger partial charge >= 0.3 is 0 Å². The van der Waals surface area contributed by atoms with Crippen LogP contribution >= 0.6 is 0 Å². The van der Waals surface area contributed by atoms with Gasteiger partial charge in [0.25, 0.3) is 11.8 Å². The van der Waals surface area contributed by atoms with Crippen LogP contribution in [0.3, 0.4) is 0 Å². The number of amides is 3. The summed E-state index contributed by atoms with van der Waals surface area (Å²) in [5.41, 5.74) is 1.88. The second-order valence-electron chi connectivity index (χ2n) is 7.57. The number of anilines is 2. The van der Waals surface area contributed by atoms with Crippen molar-refractivity contribution in [2.75, 3.05) is 23.8 Å². The van der Waals surface area contributed by atoms with Crippen molar-refractivity contribution in [1.82, 2.24) is 5.32 Å². The van der Waals surface area contributed by atoms with Crippen molar-refractivity contribution in [2.45, 2.75) is 32.8 Å². The van der Waals surface area contributed by atoms with Gasteiger partial charge in [0.2, 0.25) is 5.91 Å². The number of para-hydroxylation sites is 1. The van der Waals surface area contributed by atoms with Gasteiger partial charge in [-0.2, -0.15) is 0 Å². The van der Waals surface area contributed by atoms with Gasteiger partial charge in [0.15, 0.2) is 0 Å². The number of ether oxygens (including phenoxy) is 1. The predicted molar refractivity (Wildman–Crippen MR) is 116 cm³/mol. The Kier molecular flexibility index (Phi) is 7.19. The molecule has 1 fully saturated rings. The Hall–Kier alpha value is -3.19. The fraction of sp³-hybridized carbons (Fsp3) is 0.348. The molecule has 1 saturated heterocycles. The number of rotatable bonds is 7. The second-order valence-corrected chi connectivity index (χ2v) is 7.57. The van der Waals surface area contributed by atoms with E-state index in [1.807, 2.05) is 13.8 Å². The lowest BCUT2D eigenvalue weighted by Crippen LogP contribution is -2.32. The van der Waals surface area contributed by atoms with Crippen LogP contribution in [0.1, 0.15) is 47.4 Å². The summed E-state index contributed by atoms with van der Waals surface area (Å²) in [5.74, 6) is -0.810. The van der Waals surface area contributed by atoms with Gasteiger partial charge in [0.1, 0.15) is 0 Å². The summed E-state index contributed by atoms with van der Waals surface area (Å²) in [5, 5.41) is 8.45. The highest BCUT2D eigenvalue weighted by atomic mass is 16.5. The van der Waals surface area contributed by atoms with Crippen LogP contribution < -0.4 is 16.0 Å². The number of nitrogens with one attached hydrogen (secondary N) is 3. The summed E-state index contributed by atoms with van der Waals surface area (Å²) in [4.78, 5) is 37.0. The van der Waals surface area contributed by atoms with Crippen molar-refractivity contribution in [2.24, 2.45) is 5.92 Å². The Labute approximate surface area is 176 Å². The predicted octanol–water partition coefficient (Wildman–Crippen LogP) is 3.44. The first-order valence-electron chi connectivity index (χ1n) is 10.1. The molecule has 3 amide bonds. The molecule has 3 N–H and O–H groups in total. The molecule has 1 heterocycles. The van der Waals surface area contributed by atoms with Gasteiger partial charge in [-0.25, -0.2) is 0 Å². The van der Waals surface area contributed by atoms with Gasteiger partial charge < -0.3 is 20.7 Å². The Bertz CT molecular complexity index is 903. The van der Waals surface area contributed by atoms with Crippen LogP contribution in [-0.2, 0) is 9.53 Å². The van der Waals surface area contributed by atoms with Crippen molar-refractivity contribution in [1.29, 1.82) is 0 Å². The van der Waals surface area contributed by atoms with E-state index in [9.17, 15) is 14.4 Å². The molecule has 30 heavy (non-hydrogen) atoms. The van der Waals surface area contributed by atoms with Crippen LogP contribution in [0.2, 0.25) is 0 Å². The molecule has 0 radical (unpaired) electrons. The zero-order valence-corrected chi connectivity index (χ0v) is 17.2. The molecule has 1 atom stereocenters. The summed E-state index contributed by atoms with van der Waals surface area (Å²) in [6.07, 6.45) is 1.99. The minimum absolute atomic E-state index is 0.0467. The third-order valence-electron chi connectivity index (χ3n) is 4.87. The van der Waals surface area contributed by atoms with Gasteiger partial charge in [0, 0.05) is 30.3 Å². The Morgan fingerprint density at radius 2 is 1.73 bits per heavy atom. The molecule has 0 spiro atoms. The summed E-state index contributed by atoms with van der Waals surface area (Å²) in [6, 6.07) is 13.5. The van der Waals surface area contributed by atoms with E-state index in [1.165, 1.54) is 0 Å². The molecule has 3 rings (SSSR count). The number of hydrogen-bond acceptors (Lipinski definition) is 4. The normalized spacial score (nSPS) is 15.6. The molecule has 2 aromatic carbocycles. The first kappa shape index (κ1) is 21.5. The monoisotopic (exact) mass is 409 g/mol. The maximum atomic E-state index is 12.6. The average Bonchev–Trinajstić information content (AvgIpc) is 3.26. The van der Waals surface area contributed by atoms with E-state index in [-0.39, 0.29) is 29.7 Å². The summed E-state index contributed by atoms with van der Waals surface area (Å²) >= 11 is 0. The summed E-state index contributed by atoms with van der Waals surface area (Å²) in [7, 11) is 0. The molecule has 7 heteroatoms. The standard InChI is InChI=1S/C23H27N3O4/c1-15(2)21(27)25-17-11-9-16(10-12-17)22(28)26-20-8-4-3-7-19(20)23(29)24-14-18-6-5-13-30-18/h3-4,7-12,15,18H,5-6,13-14H2,1-2H3,(H,24,29)(H,25,27)(H,26,28). The van der Waals surface area contributed by atoms with E-state index < -0.39 is 0 Å². The van der Waals surface area contributed by atoms with Crippen LogP contribution in [0.4, 0.5) is 11.4 Å². The first-order chi connectivity index (χ1) is 14.4. The quantitative estimate of drug-likeness (QED) is 0.653. The molecular weight excluding hydrogens is 382 g/mol. The first-order valence-corrected chi connectivity index (χ1v) is 10.1. The van der Waals surface area contributed by atoms with Gasteiger partial charge in [-0.1, -0.05) is 26.0 Å². The van der Waals surface area contributed by atoms with E-state index in [2.05, 4.69) is 16.0 Å². The van der Waals surface area contributed by atoms with Crippen LogP contribution in [-0.4, -0.2) is 37.0 Å². The minimum Gasteiger partial charge on any atom is -0.376 e.